The van der Waals surface area contributed by atoms with Gasteiger partial charge in [-0.05, 0) is 18.2 Å². The molecule has 0 amide bonds. The van der Waals surface area contributed by atoms with Gasteiger partial charge in [0, 0.05) is 5.33 Å². The van der Waals surface area contributed by atoms with E-state index >= 15 is 0 Å². The van der Waals surface area contributed by atoms with Gasteiger partial charge in [0.25, 0.3) is 0 Å². The fourth-order valence-electron chi connectivity index (χ4n) is 1.34. The molecule has 0 N–H and O–H groups in total. The highest BCUT2D eigenvalue weighted by Gasteiger charge is 2.19. The van der Waals surface area contributed by atoms with Crippen LogP contribution in [0, 0.1) is 0 Å². The van der Waals surface area contributed by atoms with Gasteiger partial charge in [-0.2, -0.15) is 0 Å². The lowest BCUT2D eigenvalue weighted by Crippen LogP contribution is -2.12. The van der Waals surface area contributed by atoms with Crippen molar-refractivity contribution in [2.75, 3.05) is 26.2 Å². The molecule has 0 aliphatic rings. The fourth-order valence-corrected chi connectivity index (χ4v) is 1.50. The van der Waals surface area contributed by atoms with Gasteiger partial charge >= 0.3 is 11.9 Å². The minimum atomic E-state index is -0.611. The van der Waals surface area contributed by atoms with E-state index in [1.165, 1.54) is 26.4 Å². The van der Waals surface area contributed by atoms with E-state index in [1.54, 1.807) is 6.07 Å². The summed E-state index contributed by atoms with van der Waals surface area (Å²) in [7, 11) is 2.49. The van der Waals surface area contributed by atoms with Crippen LogP contribution in [0.1, 0.15) is 20.7 Å². The van der Waals surface area contributed by atoms with Gasteiger partial charge in [-0.15, -0.1) is 0 Å². The second-order valence-electron chi connectivity index (χ2n) is 3.23. The average Bonchev–Trinajstić information content (AvgIpc) is 2.43. The van der Waals surface area contributed by atoms with Crippen molar-refractivity contribution in [3.05, 3.63) is 29.3 Å². The number of methoxy groups -OCH3 is 2. The van der Waals surface area contributed by atoms with Crippen molar-refractivity contribution in [3.8, 4) is 5.75 Å². The molecule has 0 unspecified atom stereocenters. The third-order valence-electron chi connectivity index (χ3n) is 2.15. The molecule has 0 heterocycles. The second-order valence-corrected chi connectivity index (χ2v) is 4.02. The van der Waals surface area contributed by atoms with Crippen LogP contribution >= 0.6 is 15.9 Å². The Labute approximate surface area is 113 Å². The monoisotopic (exact) mass is 316 g/mol. The molecule has 1 aromatic carbocycles. The predicted molar refractivity (Wildman–Crippen MR) is 68.4 cm³/mol. The molecule has 5 nitrogen and oxygen atoms in total. The molecule has 98 valence electrons. The SMILES string of the molecule is COC(=O)c1ccc(OCCBr)cc1C(=O)OC. The Hall–Kier alpha value is -1.56. The van der Waals surface area contributed by atoms with Crippen LogP contribution in [0.2, 0.25) is 0 Å². The molecular formula is C12H13BrO5. The summed E-state index contributed by atoms with van der Waals surface area (Å²) in [5.74, 6) is -0.718. The molecule has 0 saturated heterocycles. The Bertz CT molecular complexity index is 444. The summed E-state index contributed by atoms with van der Waals surface area (Å²) < 4.78 is 14.6. The maximum Gasteiger partial charge on any atom is 0.338 e. The summed E-state index contributed by atoms with van der Waals surface area (Å²) in [5, 5.41) is 0.666. The lowest BCUT2D eigenvalue weighted by atomic mass is 10.1. The van der Waals surface area contributed by atoms with Crippen molar-refractivity contribution < 1.29 is 23.8 Å². The van der Waals surface area contributed by atoms with Crippen LogP contribution < -0.4 is 4.74 Å². The molecule has 0 bridgehead atoms. The lowest BCUT2D eigenvalue weighted by Gasteiger charge is -2.09. The standard InChI is InChI=1S/C12H13BrO5/c1-16-11(14)9-4-3-8(18-6-5-13)7-10(9)12(15)17-2/h3-4,7H,5-6H2,1-2H3. The molecule has 1 aromatic rings. The van der Waals surface area contributed by atoms with Crippen LogP contribution in [0.4, 0.5) is 0 Å². The highest BCUT2D eigenvalue weighted by molar-refractivity contribution is 9.09. The van der Waals surface area contributed by atoms with Gasteiger partial charge in [0.1, 0.15) is 5.75 Å². The first kappa shape index (κ1) is 14.5. The van der Waals surface area contributed by atoms with Crippen LogP contribution in [-0.4, -0.2) is 38.1 Å². The van der Waals surface area contributed by atoms with E-state index in [2.05, 4.69) is 25.4 Å². The van der Waals surface area contributed by atoms with Crippen LogP contribution in [-0.2, 0) is 9.47 Å². The Kier molecular flexibility index (Phi) is 5.64. The number of benzene rings is 1. The molecule has 0 saturated carbocycles. The molecular weight excluding hydrogens is 304 g/mol. The minimum Gasteiger partial charge on any atom is -0.493 e. The second kappa shape index (κ2) is 7.00. The minimum absolute atomic E-state index is 0.122. The quantitative estimate of drug-likeness (QED) is 0.614. The van der Waals surface area contributed by atoms with Gasteiger partial charge in [0.2, 0.25) is 0 Å². The summed E-state index contributed by atoms with van der Waals surface area (Å²) >= 11 is 3.23. The zero-order chi connectivity index (χ0) is 13.5. The third kappa shape index (κ3) is 3.46. The molecule has 6 heteroatoms. The van der Waals surface area contributed by atoms with E-state index in [1.807, 2.05) is 0 Å². The Morgan fingerprint density at radius 2 is 1.72 bits per heavy atom. The first-order valence-electron chi connectivity index (χ1n) is 5.13. The molecule has 0 radical (unpaired) electrons. The van der Waals surface area contributed by atoms with Crippen LogP contribution in [0.25, 0.3) is 0 Å². The van der Waals surface area contributed by atoms with Crippen molar-refractivity contribution in [1.82, 2.24) is 0 Å². The number of halogens is 1. The highest BCUT2D eigenvalue weighted by atomic mass is 79.9. The van der Waals surface area contributed by atoms with E-state index in [0.717, 1.165) is 0 Å². The highest BCUT2D eigenvalue weighted by Crippen LogP contribution is 2.20. The van der Waals surface area contributed by atoms with E-state index in [0.29, 0.717) is 17.7 Å². The Morgan fingerprint density at radius 1 is 1.11 bits per heavy atom. The normalized spacial score (nSPS) is 9.72. The van der Waals surface area contributed by atoms with E-state index in [4.69, 9.17) is 4.74 Å². The largest absolute Gasteiger partial charge is 0.493 e. The van der Waals surface area contributed by atoms with Crippen molar-refractivity contribution in [1.29, 1.82) is 0 Å². The average molecular weight is 317 g/mol. The maximum absolute atomic E-state index is 11.6. The summed E-state index contributed by atoms with van der Waals surface area (Å²) in [6, 6.07) is 4.53. The van der Waals surface area contributed by atoms with Gasteiger partial charge in [0.15, 0.2) is 0 Å². The van der Waals surface area contributed by atoms with E-state index in [9.17, 15) is 9.59 Å². The molecule has 0 aromatic heterocycles. The first-order chi connectivity index (χ1) is 8.63. The van der Waals surface area contributed by atoms with Crippen molar-refractivity contribution in [3.63, 3.8) is 0 Å². The molecule has 0 aliphatic carbocycles. The number of alkyl halides is 1. The van der Waals surface area contributed by atoms with Crippen LogP contribution in [0.3, 0.4) is 0 Å². The summed E-state index contributed by atoms with van der Waals surface area (Å²) in [4.78, 5) is 23.1. The molecule has 18 heavy (non-hydrogen) atoms. The molecule has 0 aliphatic heterocycles. The summed E-state index contributed by atoms with van der Waals surface area (Å²) in [5.41, 5.74) is 0.270. The number of hydrogen-bond acceptors (Lipinski definition) is 5. The van der Waals surface area contributed by atoms with Crippen LogP contribution in [0.5, 0.6) is 5.75 Å². The number of carbonyl (C=O) groups excluding carboxylic acids is 2. The number of rotatable bonds is 5. The topological polar surface area (TPSA) is 61.8 Å². The zero-order valence-electron chi connectivity index (χ0n) is 10.1. The molecule has 0 spiro atoms. The summed E-state index contributed by atoms with van der Waals surface area (Å²) in [6.07, 6.45) is 0. The first-order valence-corrected chi connectivity index (χ1v) is 6.25. The summed E-state index contributed by atoms with van der Waals surface area (Å²) in [6.45, 7) is 0.457. The van der Waals surface area contributed by atoms with E-state index < -0.39 is 11.9 Å². The molecule has 1 rings (SSSR count). The molecule has 0 fully saturated rings. The predicted octanol–water partition coefficient (Wildman–Crippen LogP) is 2.03. The zero-order valence-corrected chi connectivity index (χ0v) is 11.7. The van der Waals surface area contributed by atoms with Crippen LogP contribution in [0.15, 0.2) is 18.2 Å². The Balaban J connectivity index is 3.12. The third-order valence-corrected chi connectivity index (χ3v) is 2.47. The number of esters is 2. The van der Waals surface area contributed by atoms with E-state index in [-0.39, 0.29) is 11.1 Å². The van der Waals surface area contributed by atoms with Crippen molar-refractivity contribution in [2.45, 2.75) is 0 Å². The Morgan fingerprint density at radius 3 is 2.28 bits per heavy atom. The number of hydrogen-bond donors (Lipinski definition) is 0. The van der Waals surface area contributed by atoms with Crippen molar-refractivity contribution >= 4 is 27.9 Å². The fraction of sp³-hybridized carbons (Fsp3) is 0.333. The van der Waals surface area contributed by atoms with Gasteiger partial charge in [-0.3, -0.25) is 0 Å². The lowest BCUT2D eigenvalue weighted by molar-refractivity contribution is 0.0555. The smallest absolute Gasteiger partial charge is 0.338 e. The maximum atomic E-state index is 11.6. The van der Waals surface area contributed by atoms with Gasteiger partial charge in [-0.1, -0.05) is 15.9 Å². The van der Waals surface area contributed by atoms with Gasteiger partial charge in [0.05, 0.1) is 32.0 Å². The number of ether oxygens (including phenoxy) is 3. The number of carbonyl (C=O) groups is 2. The van der Waals surface area contributed by atoms with Gasteiger partial charge < -0.3 is 14.2 Å². The van der Waals surface area contributed by atoms with Crippen molar-refractivity contribution in [2.24, 2.45) is 0 Å². The molecule has 0 atom stereocenters. The van der Waals surface area contributed by atoms with Gasteiger partial charge in [-0.25, -0.2) is 9.59 Å².